The predicted octanol–water partition coefficient (Wildman–Crippen LogP) is 4.23. The molecule has 0 fully saturated rings. The van der Waals surface area contributed by atoms with Crippen molar-refractivity contribution in [2.24, 2.45) is 0 Å². The minimum atomic E-state index is 0.555. The molecule has 0 unspecified atom stereocenters. The Kier molecular flexibility index (Phi) is 2.72. The second-order valence-corrected chi connectivity index (χ2v) is 5.46. The first-order chi connectivity index (χ1) is 11.9. The molecule has 5 aromatic rings. The fraction of sp³-hybridized carbons (Fsp3) is 0. The molecule has 0 aliphatic rings. The highest BCUT2D eigenvalue weighted by atomic mass is 16.3. The van der Waals surface area contributed by atoms with Gasteiger partial charge in [0.25, 0.3) is 0 Å². The molecular weight excluding hydrogens is 300 g/mol. The molecule has 0 saturated carbocycles. The Morgan fingerprint density at radius 1 is 0.833 bits per heavy atom. The number of oxazole rings is 1. The second kappa shape index (κ2) is 5.03. The largest absolute Gasteiger partial charge is 0.435 e. The van der Waals surface area contributed by atoms with Crippen molar-refractivity contribution in [3.8, 4) is 17.5 Å². The van der Waals surface area contributed by atoms with E-state index in [0.717, 1.165) is 27.7 Å². The third-order valence-corrected chi connectivity index (χ3v) is 3.98. The minimum absolute atomic E-state index is 0.555. The van der Waals surface area contributed by atoms with Gasteiger partial charge in [0.2, 0.25) is 11.8 Å². The van der Waals surface area contributed by atoms with Gasteiger partial charge in [-0.2, -0.15) is 0 Å². The summed E-state index contributed by atoms with van der Waals surface area (Å²) in [4.78, 5) is 13.4. The summed E-state index contributed by atoms with van der Waals surface area (Å²) in [5.41, 5.74) is 3.44. The van der Waals surface area contributed by atoms with Crippen molar-refractivity contribution in [2.45, 2.75) is 0 Å². The Hall–Kier alpha value is -3.47. The monoisotopic (exact) mass is 312 g/mol. The summed E-state index contributed by atoms with van der Waals surface area (Å²) in [6, 6.07) is 19.7. The van der Waals surface area contributed by atoms with Gasteiger partial charge in [-0.05, 0) is 30.3 Å². The Balaban J connectivity index is 1.85. The standard InChI is InChI=1S/C19H12N4O/c1-3-8-15-13(6-1)12-16(23(15)19-20-10-5-11-21-19)18-22-14-7-2-4-9-17(14)24-18/h1-12H. The highest BCUT2D eigenvalue weighted by molar-refractivity contribution is 5.88. The average Bonchev–Trinajstić information content (AvgIpc) is 3.23. The van der Waals surface area contributed by atoms with Crippen molar-refractivity contribution in [1.82, 2.24) is 19.5 Å². The maximum absolute atomic E-state index is 5.96. The summed E-state index contributed by atoms with van der Waals surface area (Å²) < 4.78 is 7.93. The zero-order valence-corrected chi connectivity index (χ0v) is 12.6. The molecule has 0 atom stereocenters. The fourth-order valence-corrected chi connectivity index (χ4v) is 2.92. The first kappa shape index (κ1) is 13.0. The van der Waals surface area contributed by atoms with E-state index in [1.54, 1.807) is 18.5 Å². The van der Waals surface area contributed by atoms with Gasteiger partial charge in [0.05, 0.1) is 5.52 Å². The normalized spacial score (nSPS) is 11.3. The SMILES string of the molecule is c1cnc(-n2c(-c3nc4ccccc4o3)cc3ccccc32)nc1. The van der Waals surface area contributed by atoms with Gasteiger partial charge in [0, 0.05) is 17.8 Å². The van der Waals surface area contributed by atoms with Crippen LogP contribution in [-0.4, -0.2) is 19.5 Å². The number of hydrogen-bond donors (Lipinski definition) is 0. The molecule has 0 radical (unpaired) electrons. The molecular formula is C19H12N4O. The van der Waals surface area contributed by atoms with Crippen LogP contribution in [0.4, 0.5) is 0 Å². The van der Waals surface area contributed by atoms with E-state index < -0.39 is 0 Å². The predicted molar refractivity (Wildman–Crippen MR) is 91.9 cm³/mol. The van der Waals surface area contributed by atoms with Crippen LogP contribution in [0.3, 0.4) is 0 Å². The lowest BCUT2D eigenvalue weighted by Crippen LogP contribution is -2.01. The van der Waals surface area contributed by atoms with Crippen LogP contribution in [0.2, 0.25) is 0 Å². The highest BCUT2D eigenvalue weighted by Crippen LogP contribution is 2.31. The Labute approximate surface area is 137 Å². The summed E-state index contributed by atoms with van der Waals surface area (Å²) in [5, 5.41) is 1.09. The van der Waals surface area contributed by atoms with Crippen LogP contribution in [0, 0.1) is 0 Å². The fourth-order valence-electron chi connectivity index (χ4n) is 2.92. The molecule has 0 aliphatic carbocycles. The lowest BCUT2D eigenvalue weighted by molar-refractivity contribution is 0.614. The van der Waals surface area contributed by atoms with Crippen LogP contribution in [0.5, 0.6) is 0 Å². The molecule has 3 aromatic heterocycles. The summed E-state index contributed by atoms with van der Waals surface area (Å²) in [6.45, 7) is 0. The number of fused-ring (bicyclic) bond motifs is 2. The van der Waals surface area contributed by atoms with Gasteiger partial charge in [-0.1, -0.05) is 30.3 Å². The van der Waals surface area contributed by atoms with E-state index in [2.05, 4.69) is 27.1 Å². The Bertz CT molecular complexity index is 1120. The van der Waals surface area contributed by atoms with E-state index in [0.29, 0.717) is 11.8 Å². The van der Waals surface area contributed by atoms with Crippen molar-refractivity contribution >= 4 is 22.0 Å². The molecule has 5 rings (SSSR count). The van der Waals surface area contributed by atoms with E-state index in [1.807, 2.05) is 47.0 Å². The van der Waals surface area contributed by atoms with Crippen molar-refractivity contribution < 1.29 is 4.42 Å². The average molecular weight is 312 g/mol. The van der Waals surface area contributed by atoms with Crippen LogP contribution >= 0.6 is 0 Å². The first-order valence-corrected chi connectivity index (χ1v) is 7.64. The third kappa shape index (κ3) is 1.91. The topological polar surface area (TPSA) is 56.7 Å². The molecule has 0 N–H and O–H groups in total. The smallest absolute Gasteiger partial charge is 0.244 e. The number of para-hydroxylation sites is 3. The van der Waals surface area contributed by atoms with E-state index in [-0.39, 0.29) is 0 Å². The van der Waals surface area contributed by atoms with Crippen molar-refractivity contribution in [3.05, 3.63) is 73.1 Å². The van der Waals surface area contributed by atoms with Gasteiger partial charge in [-0.3, -0.25) is 4.57 Å². The molecule has 0 saturated heterocycles. The summed E-state index contributed by atoms with van der Waals surface area (Å²) >= 11 is 0. The van der Waals surface area contributed by atoms with Crippen LogP contribution in [0.1, 0.15) is 0 Å². The molecule has 0 spiro atoms. The van der Waals surface area contributed by atoms with E-state index >= 15 is 0 Å². The summed E-state index contributed by atoms with van der Waals surface area (Å²) in [6.07, 6.45) is 3.46. The van der Waals surface area contributed by atoms with Crippen LogP contribution in [0.15, 0.2) is 77.5 Å². The summed E-state index contributed by atoms with van der Waals surface area (Å²) in [5.74, 6) is 1.15. The zero-order chi connectivity index (χ0) is 15.9. The molecule has 24 heavy (non-hydrogen) atoms. The number of hydrogen-bond acceptors (Lipinski definition) is 4. The molecule has 0 bridgehead atoms. The number of nitrogens with zero attached hydrogens (tertiary/aromatic N) is 4. The van der Waals surface area contributed by atoms with Gasteiger partial charge in [-0.15, -0.1) is 0 Å². The van der Waals surface area contributed by atoms with Crippen molar-refractivity contribution in [2.75, 3.05) is 0 Å². The Morgan fingerprint density at radius 3 is 2.50 bits per heavy atom. The zero-order valence-electron chi connectivity index (χ0n) is 12.6. The van der Waals surface area contributed by atoms with E-state index in [9.17, 15) is 0 Å². The van der Waals surface area contributed by atoms with Crippen LogP contribution in [0.25, 0.3) is 39.5 Å². The van der Waals surface area contributed by atoms with E-state index in [4.69, 9.17) is 4.42 Å². The third-order valence-electron chi connectivity index (χ3n) is 3.98. The Morgan fingerprint density at radius 2 is 1.62 bits per heavy atom. The van der Waals surface area contributed by atoms with Crippen molar-refractivity contribution in [3.63, 3.8) is 0 Å². The lowest BCUT2D eigenvalue weighted by Gasteiger charge is -2.06. The van der Waals surface area contributed by atoms with Gasteiger partial charge in [-0.25, -0.2) is 15.0 Å². The molecule has 0 amide bonds. The molecule has 3 heterocycles. The van der Waals surface area contributed by atoms with Gasteiger partial charge in [0.15, 0.2) is 5.58 Å². The summed E-state index contributed by atoms with van der Waals surface area (Å²) in [7, 11) is 0. The second-order valence-electron chi connectivity index (χ2n) is 5.46. The molecule has 5 nitrogen and oxygen atoms in total. The minimum Gasteiger partial charge on any atom is -0.435 e. The lowest BCUT2D eigenvalue weighted by atomic mass is 10.2. The van der Waals surface area contributed by atoms with E-state index in [1.165, 1.54) is 0 Å². The molecule has 0 aliphatic heterocycles. The first-order valence-electron chi connectivity index (χ1n) is 7.64. The maximum Gasteiger partial charge on any atom is 0.244 e. The quantitative estimate of drug-likeness (QED) is 0.489. The van der Waals surface area contributed by atoms with Gasteiger partial charge < -0.3 is 4.42 Å². The van der Waals surface area contributed by atoms with Crippen LogP contribution < -0.4 is 0 Å². The molecule has 2 aromatic carbocycles. The molecule has 114 valence electrons. The number of aromatic nitrogens is 4. The van der Waals surface area contributed by atoms with Crippen LogP contribution in [-0.2, 0) is 0 Å². The maximum atomic E-state index is 5.96. The van der Waals surface area contributed by atoms with Crippen molar-refractivity contribution in [1.29, 1.82) is 0 Å². The molecule has 5 heteroatoms. The highest BCUT2D eigenvalue weighted by Gasteiger charge is 2.18. The number of benzene rings is 2. The van der Waals surface area contributed by atoms with Gasteiger partial charge in [0.1, 0.15) is 11.2 Å². The van der Waals surface area contributed by atoms with Gasteiger partial charge >= 0.3 is 0 Å². The number of rotatable bonds is 2.